The van der Waals surface area contributed by atoms with Crippen molar-refractivity contribution < 1.29 is 9.05 Å². The van der Waals surface area contributed by atoms with Crippen LogP contribution >= 0.6 is 9.03 Å². The fraction of sp³-hybridized carbons (Fsp3) is 0.714. The molecule has 0 saturated heterocycles. The number of nitrogens with one attached hydrogen (secondary N) is 1. The average Bonchev–Trinajstić information content (AvgIpc) is 2.10. The second-order valence-electron chi connectivity index (χ2n) is 2.06. The summed E-state index contributed by atoms with van der Waals surface area (Å²) in [6.07, 6.45) is 1.81. The first-order valence-electron chi connectivity index (χ1n) is 3.92. The van der Waals surface area contributed by atoms with Gasteiger partial charge in [0.05, 0.1) is 13.2 Å². The summed E-state index contributed by atoms with van der Waals surface area (Å²) in [5.41, 5.74) is 5.21. The zero-order valence-corrected chi connectivity index (χ0v) is 8.21. The van der Waals surface area contributed by atoms with Crippen LogP contribution in [0.3, 0.4) is 0 Å². The molecule has 4 nitrogen and oxygen atoms in total. The third-order valence-electron chi connectivity index (χ3n) is 1.01. The predicted molar refractivity (Wildman–Crippen MR) is 52.3 cm³/mol. The van der Waals surface area contributed by atoms with Crippen LogP contribution in [0.15, 0.2) is 12.7 Å². The van der Waals surface area contributed by atoms with Gasteiger partial charge in [0.1, 0.15) is 0 Å². The maximum absolute atomic E-state index is 5.21. The first-order chi connectivity index (χ1) is 5.91. The van der Waals surface area contributed by atoms with E-state index in [1.54, 1.807) is 0 Å². The fourth-order valence-corrected chi connectivity index (χ4v) is 0.981. The van der Waals surface area contributed by atoms with E-state index in [1.807, 2.05) is 6.08 Å². The summed E-state index contributed by atoms with van der Waals surface area (Å²) in [7, 11) is 0.105. The Morgan fingerprint density at radius 2 is 2.17 bits per heavy atom. The largest absolute Gasteiger partial charge is 0.335 e. The molecule has 1 atom stereocenters. The monoisotopic (exact) mass is 192 g/mol. The lowest BCUT2D eigenvalue weighted by molar-refractivity contribution is 0.272. The molecule has 0 rings (SSSR count). The van der Waals surface area contributed by atoms with E-state index in [2.05, 4.69) is 11.9 Å². The molecule has 0 heterocycles. The Morgan fingerprint density at radius 3 is 2.83 bits per heavy atom. The highest BCUT2D eigenvalue weighted by Crippen LogP contribution is 2.11. The Hall–Kier alpha value is 0.0100. The molecule has 0 spiro atoms. The molecule has 0 aromatic rings. The van der Waals surface area contributed by atoms with Crippen molar-refractivity contribution in [3.05, 3.63) is 12.7 Å². The van der Waals surface area contributed by atoms with Gasteiger partial charge in [0, 0.05) is 19.6 Å². The van der Waals surface area contributed by atoms with Crippen LogP contribution in [0.5, 0.6) is 0 Å². The maximum atomic E-state index is 5.21. The van der Waals surface area contributed by atoms with Crippen LogP contribution in [0.1, 0.15) is 0 Å². The summed E-state index contributed by atoms with van der Waals surface area (Å²) in [5, 5.41) is 3.11. The molecule has 0 radical (unpaired) electrons. The van der Waals surface area contributed by atoms with Gasteiger partial charge in [-0.1, -0.05) is 6.08 Å². The Bertz CT molecular complexity index is 103. The van der Waals surface area contributed by atoms with E-state index < -0.39 is 0 Å². The van der Waals surface area contributed by atoms with E-state index in [9.17, 15) is 0 Å². The number of hydrogen-bond acceptors (Lipinski definition) is 4. The summed E-state index contributed by atoms with van der Waals surface area (Å²) in [4.78, 5) is 0. The molecule has 0 bridgehead atoms. The van der Waals surface area contributed by atoms with E-state index in [1.165, 1.54) is 0 Å². The van der Waals surface area contributed by atoms with E-state index >= 15 is 0 Å². The van der Waals surface area contributed by atoms with E-state index in [0.717, 1.165) is 13.1 Å². The molecule has 0 aliphatic heterocycles. The molecular weight excluding hydrogens is 175 g/mol. The van der Waals surface area contributed by atoms with Crippen molar-refractivity contribution in [1.82, 2.24) is 5.32 Å². The number of nitrogens with two attached hydrogens (primary N) is 1. The predicted octanol–water partition coefficient (Wildman–Crippen LogP) is 0.262. The molecule has 0 aliphatic rings. The first-order valence-corrected chi connectivity index (χ1v) is 4.73. The SMILES string of the molecule is C=CCNCCOPOCCN. The summed E-state index contributed by atoms with van der Waals surface area (Å²) < 4.78 is 10.2. The van der Waals surface area contributed by atoms with Gasteiger partial charge in [-0.15, -0.1) is 6.58 Å². The Morgan fingerprint density at radius 1 is 1.42 bits per heavy atom. The van der Waals surface area contributed by atoms with Gasteiger partial charge in [0.15, 0.2) is 9.03 Å². The van der Waals surface area contributed by atoms with E-state index in [4.69, 9.17) is 14.8 Å². The van der Waals surface area contributed by atoms with Gasteiger partial charge >= 0.3 is 0 Å². The number of hydrogen-bond donors (Lipinski definition) is 2. The van der Waals surface area contributed by atoms with Crippen molar-refractivity contribution in [1.29, 1.82) is 0 Å². The quantitative estimate of drug-likeness (QED) is 0.312. The van der Waals surface area contributed by atoms with Crippen molar-refractivity contribution in [2.75, 3.05) is 32.8 Å². The van der Waals surface area contributed by atoms with Gasteiger partial charge in [0.25, 0.3) is 0 Å². The minimum absolute atomic E-state index is 0.105. The minimum Gasteiger partial charge on any atom is -0.335 e. The lowest BCUT2D eigenvalue weighted by Crippen LogP contribution is -2.18. The Kier molecular flexibility index (Phi) is 11.0. The van der Waals surface area contributed by atoms with E-state index in [-0.39, 0.29) is 9.03 Å². The van der Waals surface area contributed by atoms with Gasteiger partial charge in [0.2, 0.25) is 0 Å². The van der Waals surface area contributed by atoms with Gasteiger partial charge in [-0.05, 0) is 0 Å². The highest BCUT2D eigenvalue weighted by atomic mass is 31.1. The average molecular weight is 192 g/mol. The molecule has 72 valence electrons. The van der Waals surface area contributed by atoms with Crippen LogP contribution in [0.25, 0.3) is 0 Å². The molecule has 0 aromatic carbocycles. The molecule has 1 unspecified atom stereocenters. The Balaban J connectivity index is 2.77. The zero-order chi connectivity index (χ0) is 9.07. The van der Waals surface area contributed by atoms with Crippen LogP contribution in [-0.2, 0) is 9.05 Å². The van der Waals surface area contributed by atoms with Crippen molar-refractivity contribution in [3.63, 3.8) is 0 Å². The van der Waals surface area contributed by atoms with Crippen molar-refractivity contribution in [3.8, 4) is 0 Å². The molecule has 0 amide bonds. The molecule has 0 fully saturated rings. The molecule has 12 heavy (non-hydrogen) atoms. The summed E-state index contributed by atoms with van der Waals surface area (Å²) in [6, 6.07) is 0. The molecule has 5 heteroatoms. The lowest BCUT2D eigenvalue weighted by atomic mass is 10.6. The molecule has 3 N–H and O–H groups in total. The van der Waals surface area contributed by atoms with Crippen molar-refractivity contribution in [2.45, 2.75) is 0 Å². The Labute approximate surface area is 75.4 Å². The highest BCUT2D eigenvalue weighted by Gasteiger charge is 1.87. The second-order valence-corrected chi connectivity index (χ2v) is 2.81. The van der Waals surface area contributed by atoms with Crippen LogP contribution in [-0.4, -0.2) is 32.8 Å². The maximum Gasteiger partial charge on any atom is 0.155 e. The first kappa shape index (κ1) is 12.0. The standard InChI is InChI=1S/C7H17N2O2P/c1-2-4-9-5-7-11-12-10-6-3-8/h2,9,12H,1,3-8H2. The minimum atomic E-state index is 0.105. The van der Waals surface area contributed by atoms with Crippen molar-refractivity contribution in [2.24, 2.45) is 5.73 Å². The summed E-state index contributed by atoms with van der Waals surface area (Å²) in [6.45, 7) is 7.00. The van der Waals surface area contributed by atoms with Crippen LogP contribution in [0.2, 0.25) is 0 Å². The molecule has 0 aliphatic carbocycles. The molecule has 0 saturated carbocycles. The van der Waals surface area contributed by atoms with Gasteiger partial charge in [-0.25, -0.2) is 0 Å². The normalized spacial score (nSPS) is 11.1. The smallest absolute Gasteiger partial charge is 0.155 e. The van der Waals surface area contributed by atoms with Gasteiger partial charge in [-0.2, -0.15) is 0 Å². The highest BCUT2D eigenvalue weighted by molar-refractivity contribution is 7.26. The third kappa shape index (κ3) is 10.0. The number of rotatable bonds is 9. The fourth-order valence-electron chi connectivity index (χ4n) is 0.511. The molecule has 0 aromatic heterocycles. The van der Waals surface area contributed by atoms with Crippen LogP contribution in [0, 0.1) is 0 Å². The lowest BCUT2D eigenvalue weighted by Gasteiger charge is -2.03. The topological polar surface area (TPSA) is 56.5 Å². The second kappa shape index (κ2) is 11.0. The zero-order valence-electron chi connectivity index (χ0n) is 7.21. The van der Waals surface area contributed by atoms with E-state index in [0.29, 0.717) is 19.8 Å². The van der Waals surface area contributed by atoms with Crippen LogP contribution in [0.4, 0.5) is 0 Å². The third-order valence-corrected chi connectivity index (χ3v) is 1.65. The van der Waals surface area contributed by atoms with Gasteiger partial charge < -0.3 is 20.1 Å². The van der Waals surface area contributed by atoms with Gasteiger partial charge in [-0.3, -0.25) is 0 Å². The summed E-state index contributed by atoms with van der Waals surface area (Å²) in [5.74, 6) is 0. The summed E-state index contributed by atoms with van der Waals surface area (Å²) >= 11 is 0. The molecular formula is C7H17N2O2P. The van der Waals surface area contributed by atoms with Crippen LogP contribution < -0.4 is 11.1 Å². The van der Waals surface area contributed by atoms with Crippen molar-refractivity contribution >= 4 is 9.03 Å².